The Kier molecular flexibility index (Phi) is 4.82. The number of nitrogens with zero attached hydrogens (tertiary/aromatic N) is 2. The normalized spacial score (nSPS) is 16.2. The van der Waals surface area contributed by atoms with Crippen molar-refractivity contribution in [3.05, 3.63) is 17.8 Å². The van der Waals surface area contributed by atoms with Gasteiger partial charge in [-0.15, -0.1) is 0 Å². The van der Waals surface area contributed by atoms with Crippen LogP contribution in [0.1, 0.15) is 43.1 Å². The molecule has 0 unspecified atom stereocenters. The summed E-state index contributed by atoms with van der Waals surface area (Å²) < 4.78 is 4.71. The van der Waals surface area contributed by atoms with Gasteiger partial charge in [0.15, 0.2) is 11.5 Å². The predicted molar refractivity (Wildman–Crippen MR) is 79.8 cm³/mol. The second-order valence-corrected chi connectivity index (χ2v) is 5.32. The minimum absolute atomic E-state index is 0.312. The molecule has 5 nitrogen and oxygen atoms in total. The number of nitrogen functional groups attached to an aromatic ring is 1. The molecule has 1 aliphatic heterocycles. The Balaban J connectivity index is 2.11. The van der Waals surface area contributed by atoms with E-state index < -0.39 is 5.97 Å². The van der Waals surface area contributed by atoms with Crippen molar-refractivity contribution < 1.29 is 9.53 Å². The number of methoxy groups -OCH3 is 1. The highest BCUT2D eigenvalue weighted by Gasteiger charge is 2.22. The molecule has 0 bridgehead atoms. The Morgan fingerprint density at radius 2 is 2.15 bits per heavy atom. The zero-order chi connectivity index (χ0) is 14.5. The lowest BCUT2D eigenvalue weighted by Crippen LogP contribution is -2.35. The van der Waals surface area contributed by atoms with Crippen molar-refractivity contribution in [2.75, 3.05) is 30.8 Å². The Hall–Kier alpha value is -1.78. The van der Waals surface area contributed by atoms with E-state index >= 15 is 0 Å². The van der Waals surface area contributed by atoms with Gasteiger partial charge in [-0.3, -0.25) is 0 Å². The van der Waals surface area contributed by atoms with Gasteiger partial charge in [0.1, 0.15) is 0 Å². The molecule has 0 amide bonds. The molecule has 1 aromatic rings. The fraction of sp³-hybridized carbons (Fsp3) is 0.600. The zero-order valence-electron chi connectivity index (χ0n) is 12.3. The maximum absolute atomic E-state index is 11.6. The van der Waals surface area contributed by atoms with Crippen molar-refractivity contribution in [3.63, 3.8) is 0 Å². The van der Waals surface area contributed by atoms with E-state index in [1.54, 1.807) is 12.1 Å². The van der Waals surface area contributed by atoms with Gasteiger partial charge >= 0.3 is 5.97 Å². The molecule has 2 N–H and O–H groups in total. The molecule has 20 heavy (non-hydrogen) atoms. The van der Waals surface area contributed by atoms with Crippen LogP contribution in [0.15, 0.2) is 12.1 Å². The lowest BCUT2D eigenvalue weighted by molar-refractivity contribution is 0.0594. The highest BCUT2D eigenvalue weighted by atomic mass is 16.5. The minimum atomic E-state index is -0.424. The first-order valence-electron chi connectivity index (χ1n) is 7.25. The van der Waals surface area contributed by atoms with Crippen molar-refractivity contribution in [1.82, 2.24) is 4.98 Å². The second kappa shape index (κ2) is 6.59. The maximum Gasteiger partial charge on any atom is 0.356 e. The number of pyridine rings is 1. The Bertz CT molecular complexity index is 468. The van der Waals surface area contributed by atoms with Crippen LogP contribution in [0.4, 0.5) is 11.5 Å². The largest absolute Gasteiger partial charge is 0.464 e. The van der Waals surface area contributed by atoms with Gasteiger partial charge in [0.25, 0.3) is 0 Å². The molecule has 0 saturated carbocycles. The van der Waals surface area contributed by atoms with Crippen molar-refractivity contribution in [2.24, 2.45) is 5.92 Å². The molecule has 1 saturated heterocycles. The van der Waals surface area contributed by atoms with Crippen LogP contribution in [0.2, 0.25) is 0 Å². The predicted octanol–water partition coefficient (Wildman–Crippen LogP) is 2.47. The maximum atomic E-state index is 11.6. The van der Waals surface area contributed by atoms with Crippen LogP contribution >= 0.6 is 0 Å². The summed E-state index contributed by atoms with van der Waals surface area (Å²) in [6.07, 6.45) is 4.86. The summed E-state index contributed by atoms with van der Waals surface area (Å²) in [6.45, 7) is 4.13. The fourth-order valence-corrected chi connectivity index (χ4v) is 2.77. The van der Waals surface area contributed by atoms with Crippen LogP contribution in [0.3, 0.4) is 0 Å². The number of aromatic nitrogens is 1. The summed E-state index contributed by atoms with van der Waals surface area (Å²) in [4.78, 5) is 18.1. The fourth-order valence-electron chi connectivity index (χ4n) is 2.77. The number of anilines is 2. The molecule has 0 atom stereocenters. The third-order valence-electron chi connectivity index (χ3n) is 3.91. The standard InChI is InChI=1S/C15H23N3O2/c1-3-4-11-7-9-18(10-8-11)14-12(16)5-6-13(17-14)15(19)20-2/h5-6,11H,3-4,7-10,16H2,1-2H3. The van der Waals surface area contributed by atoms with Crippen molar-refractivity contribution >= 4 is 17.5 Å². The van der Waals surface area contributed by atoms with E-state index in [-0.39, 0.29) is 0 Å². The SMILES string of the molecule is CCCC1CCN(c2nc(C(=O)OC)ccc2N)CC1. The summed E-state index contributed by atoms with van der Waals surface area (Å²) in [5.74, 6) is 1.09. The molecule has 0 aliphatic carbocycles. The summed E-state index contributed by atoms with van der Waals surface area (Å²) in [5.41, 5.74) is 6.93. The molecule has 0 aromatic carbocycles. The van der Waals surface area contributed by atoms with Gasteiger partial charge < -0.3 is 15.4 Å². The summed E-state index contributed by atoms with van der Waals surface area (Å²) in [6, 6.07) is 3.33. The lowest BCUT2D eigenvalue weighted by Gasteiger charge is -2.33. The quantitative estimate of drug-likeness (QED) is 0.856. The molecular formula is C15H23N3O2. The van der Waals surface area contributed by atoms with Gasteiger partial charge in [-0.05, 0) is 30.9 Å². The van der Waals surface area contributed by atoms with Crippen LogP contribution in [0.25, 0.3) is 0 Å². The Morgan fingerprint density at radius 3 is 2.75 bits per heavy atom. The number of carbonyl (C=O) groups is 1. The molecule has 110 valence electrons. The van der Waals surface area contributed by atoms with Crippen LogP contribution in [-0.2, 0) is 4.74 Å². The minimum Gasteiger partial charge on any atom is -0.464 e. The molecular weight excluding hydrogens is 254 g/mol. The van der Waals surface area contributed by atoms with Gasteiger partial charge in [-0.25, -0.2) is 9.78 Å². The zero-order valence-corrected chi connectivity index (χ0v) is 12.3. The van der Waals surface area contributed by atoms with Crippen LogP contribution in [0, 0.1) is 5.92 Å². The third kappa shape index (κ3) is 3.21. The van der Waals surface area contributed by atoms with E-state index in [1.165, 1.54) is 20.0 Å². The number of piperidine rings is 1. The van der Waals surface area contributed by atoms with Gasteiger partial charge in [-0.2, -0.15) is 0 Å². The monoisotopic (exact) mass is 277 g/mol. The van der Waals surface area contributed by atoms with Gasteiger partial charge in [0.2, 0.25) is 0 Å². The number of esters is 1. The first-order valence-corrected chi connectivity index (χ1v) is 7.25. The van der Waals surface area contributed by atoms with Crippen molar-refractivity contribution in [1.29, 1.82) is 0 Å². The molecule has 1 aliphatic rings. The van der Waals surface area contributed by atoms with E-state index in [2.05, 4.69) is 16.8 Å². The molecule has 1 aromatic heterocycles. The van der Waals surface area contributed by atoms with E-state index in [4.69, 9.17) is 10.5 Å². The average molecular weight is 277 g/mol. The lowest BCUT2D eigenvalue weighted by atomic mass is 9.92. The van der Waals surface area contributed by atoms with Gasteiger partial charge in [0.05, 0.1) is 12.8 Å². The number of ether oxygens (including phenoxy) is 1. The van der Waals surface area contributed by atoms with Crippen LogP contribution in [-0.4, -0.2) is 31.2 Å². The van der Waals surface area contributed by atoms with E-state index in [0.29, 0.717) is 17.2 Å². The summed E-state index contributed by atoms with van der Waals surface area (Å²) >= 11 is 0. The molecule has 0 spiro atoms. The highest BCUT2D eigenvalue weighted by Crippen LogP contribution is 2.28. The smallest absolute Gasteiger partial charge is 0.356 e. The molecule has 0 radical (unpaired) electrons. The molecule has 1 fully saturated rings. The van der Waals surface area contributed by atoms with Crippen LogP contribution in [0.5, 0.6) is 0 Å². The number of nitrogens with two attached hydrogens (primary N) is 1. The van der Waals surface area contributed by atoms with Crippen molar-refractivity contribution in [3.8, 4) is 0 Å². The third-order valence-corrected chi connectivity index (χ3v) is 3.91. The average Bonchev–Trinajstić information content (AvgIpc) is 2.48. The van der Waals surface area contributed by atoms with Crippen molar-refractivity contribution in [2.45, 2.75) is 32.6 Å². The number of carbonyl (C=O) groups excluding carboxylic acids is 1. The second-order valence-electron chi connectivity index (χ2n) is 5.32. The molecule has 2 heterocycles. The van der Waals surface area contributed by atoms with E-state index in [1.807, 2.05) is 0 Å². The number of hydrogen-bond acceptors (Lipinski definition) is 5. The highest BCUT2D eigenvalue weighted by molar-refractivity contribution is 5.88. The number of rotatable bonds is 4. The summed E-state index contributed by atoms with van der Waals surface area (Å²) in [7, 11) is 1.36. The van der Waals surface area contributed by atoms with Gasteiger partial charge in [-0.1, -0.05) is 19.8 Å². The van der Waals surface area contributed by atoms with E-state index in [9.17, 15) is 4.79 Å². The first-order chi connectivity index (χ1) is 9.65. The first kappa shape index (κ1) is 14.6. The number of hydrogen-bond donors (Lipinski definition) is 1. The summed E-state index contributed by atoms with van der Waals surface area (Å²) in [5, 5.41) is 0. The molecule has 5 heteroatoms. The van der Waals surface area contributed by atoms with Crippen LogP contribution < -0.4 is 10.6 Å². The van der Waals surface area contributed by atoms with Gasteiger partial charge in [0, 0.05) is 13.1 Å². The topological polar surface area (TPSA) is 68.5 Å². The van der Waals surface area contributed by atoms with E-state index in [0.717, 1.165) is 31.8 Å². The Labute approximate surface area is 120 Å². The molecule has 2 rings (SSSR count). The Morgan fingerprint density at radius 1 is 1.45 bits per heavy atom.